The molecule has 0 atom stereocenters. The molecule has 0 spiro atoms. The zero-order valence-corrected chi connectivity index (χ0v) is 25.3. The molecule has 5 rings (SSSR count). The Labute approximate surface area is 252 Å². The molecular weight excluding hydrogens is 577 g/mol. The second-order valence-corrected chi connectivity index (χ2v) is 11.1. The lowest BCUT2D eigenvalue weighted by molar-refractivity contribution is -0.141. The first kappa shape index (κ1) is 31.0. The van der Waals surface area contributed by atoms with E-state index in [0.717, 1.165) is 42.9 Å². The highest BCUT2D eigenvalue weighted by Crippen LogP contribution is 2.45. The lowest BCUT2D eigenvalue weighted by Gasteiger charge is -2.19. The maximum atomic E-state index is 14.3. The van der Waals surface area contributed by atoms with Crippen LogP contribution in [0, 0.1) is 27.7 Å². The second-order valence-electron chi connectivity index (χ2n) is 11.1. The van der Waals surface area contributed by atoms with Crippen LogP contribution < -0.4 is 20.7 Å². The first-order valence-electron chi connectivity index (χ1n) is 14.3. The topological polar surface area (TPSA) is 142 Å². The maximum Gasteiger partial charge on any atom is 0.434 e. The number of anilines is 2. The fourth-order valence-electron chi connectivity index (χ4n) is 5.95. The van der Waals surface area contributed by atoms with Gasteiger partial charge in [0, 0.05) is 41.8 Å². The van der Waals surface area contributed by atoms with Crippen LogP contribution in [0.3, 0.4) is 0 Å². The maximum absolute atomic E-state index is 14.3. The van der Waals surface area contributed by atoms with Gasteiger partial charge in [0.15, 0.2) is 5.69 Å². The van der Waals surface area contributed by atoms with E-state index in [1.807, 2.05) is 6.92 Å². The van der Waals surface area contributed by atoms with Crippen molar-refractivity contribution in [1.82, 2.24) is 30.2 Å². The fraction of sp³-hybridized carbons (Fsp3) is 0.433. The summed E-state index contributed by atoms with van der Waals surface area (Å²) in [6.07, 6.45) is 0.237. The molecule has 2 aliphatic heterocycles. The van der Waals surface area contributed by atoms with Crippen molar-refractivity contribution in [3.8, 4) is 5.75 Å². The predicted molar refractivity (Wildman–Crippen MR) is 159 cm³/mol. The number of fused-ring (bicyclic) bond motifs is 1. The van der Waals surface area contributed by atoms with E-state index in [-0.39, 0.29) is 23.8 Å². The van der Waals surface area contributed by atoms with Gasteiger partial charge in [0.05, 0.1) is 36.0 Å². The summed E-state index contributed by atoms with van der Waals surface area (Å²) in [7, 11) is 1.50. The molecule has 2 amide bonds. The standard InChI is InChI=1S/C30H35F3N8O3/c1-15-13-36-21(17(3)24(15)44-5)14-41-26-23(25(30(31,32)33)38-29(34)39-26)19(28(41)43)12-20-16(2)22(18(4)37-20)27(42)35-8-11-40-9-6-7-10-40/h12-13,37H,6-11,14H2,1-5H3,(H,35,42)(H2,34,38,39)/b19-12-. The van der Waals surface area contributed by atoms with Gasteiger partial charge in [-0.05, 0) is 65.3 Å². The molecule has 11 nitrogen and oxygen atoms in total. The van der Waals surface area contributed by atoms with Crippen LogP contribution in [-0.2, 0) is 17.5 Å². The summed E-state index contributed by atoms with van der Waals surface area (Å²) in [5.41, 5.74) is 7.14. The van der Waals surface area contributed by atoms with Crippen LogP contribution in [0.25, 0.3) is 11.6 Å². The number of amides is 2. The molecule has 0 unspecified atom stereocenters. The van der Waals surface area contributed by atoms with E-state index in [2.05, 4.69) is 30.2 Å². The zero-order valence-electron chi connectivity index (χ0n) is 25.3. The van der Waals surface area contributed by atoms with Crippen molar-refractivity contribution >= 4 is 35.2 Å². The van der Waals surface area contributed by atoms with Gasteiger partial charge in [-0.2, -0.15) is 18.2 Å². The van der Waals surface area contributed by atoms with Gasteiger partial charge < -0.3 is 25.7 Å². The van der Waals surface area contributed by atoms with Gasteiger partial charge in [0.25, 0.3) is 11.8 Å². The summed E-state index contributed by atoms with van der Waals surface area (Å²) < 4.78 is 48.4. The minimum Gasteiger partial charge on any atom is -0.496 e. The number of alkyl halides is 3. The first-order chi connectivity index (χ1) is 20.8. The number of carbonyl (C=O) groups is 2. The molecule has 4 N–H and O–H groups in total. The van der Waals surface area contributed by atoms with E-state index in [9.17, 15) is 22.8 Å². The lowest BCUT2D eigenvalue weighted by Crippen LogP contribution is -2.33. The number of hydrogen-bond donors (Lipinski definition) is 3. The number of ether oxygens (including phenoxy) is 1. The predicted octanol–water partition coefficient (Wildman–Crippen LogP) is 3.96. The molecule has 0 radical (unpaired) electrons. The molecule has 14 heteroatoms. The Morgan fingerprint density at radius 1 is 1.16 bits per heavy atom. The van der Waals surface area contributed by atoms with Crippen LogP contribution in [0.2, 0.25) is 0 Å². The van der Waals surface area contributed by atoms with E-state index < -0.39 is 29.3 Å². The number of halogens is 3. The van der Waals surface area contributed by atoms with Gasteiger partial charge in [0.1, 0.15) is 11.6 Å². The van der Waals surface area contributed by atoms with Crippen molar-refractivity contribution in [2.75, 3.05) is 43.9 Å². The van der Waals surface area contributed by atoms with Crippen molar-refractivity contribution in [1.29, 1.82) is 0 Å². The summed E-state index contributed by atoms with van der Waals surface area (Å²) in [6.45, 7) is 9.96. The lowest BCUT2D eigenvalue weighted by atomic mass is 10.0. The molecule has 234 valence electrons. The Kier molecular flexibility index (Phi) is 8.38. The van der Waals surface area contributed by atoms with Crippen molar-refractivity contribution in [3.05, 3.63) is 56.8 Å². The van der Waals surface area contributed by atoms with Gasteiger partial charge in [-0.15, -0.1) is 0 Å². The number of nitrogen functional groups attached to an aromatic ring is 1. The Balaban J connectivity index is 1.55. The molecule has 2 aliphatic rings. The zero-order chi connectivity index (χ0) is 31.9. The number of aromatic amines is 1. The average Bonchev–Trinajstić information content (AvgIpc) is 3.63. The number of carbonyl (C=O) groups excluding carboxylic acids is 2. The largest absolute Gasteiger partial charge is 0.496 e. The molecule has 1 fully saturated rings. The number of nitrogens with zero attached hydrogens (tertiary/aromatic N) is 5. The van der Waals surface area contributed by atoms with Crippen molar-refractivity contribution in [3.63, 3.8) is 0 Å². The molecular formula is C30H35F3N8O3. The van der Waals surface area contributed by atoms with Gasteiger partial charge >= 0.3 is 6.18 Å². The monoisotopic (exact) mass is 612 g/mol. The van der Waals surface area contributed by atoms with E-state index in [0.29, 0.717) is 46.1 Å². The Bertz CT molecular complexity index is 1660. The minimum atomic E-state index is -4.93. The van der Waals surface area contributed by atoms with Gasteiger partial charge in [-0.3, -0.25) is 19.5 Å². The summed E-state index contributed by atoms with van der Waals surface area (Å²) in [5.74, 6) is -1.39. The molecule has 3 aromatic rings. The SMILES string of the molecule is COc1c(C)cnc(CN2C(=O)/C(=C\c3[nH]c(C)c(C(=O)NCCN4CCCC4)c3C)c3c2nc(N)nc3C(F)(F)F)c1C. The highest BCUT2D eigenvalue weighted by atomic mass is 19.4. The molecule has 3 aromatic heterocycles. The number of hydrogen-bond acceptors (Lipinski definition) is 8. The summed E-state index contributed by atoms with van der Waals surface area (Å²) in [4.78, 5) is 45.5. The number of aryl methyl sites for hydroxylation is 2. The molecule has 0 aliphatic carbocycles. The third-order valence-electron chi connectivity index (χ3n) is 8.14. The second kappa shape index (κ2) is 11.9. The molecule has 0 aromatic carbocycles. The van der Waals surface area contributed by atoms with Crippen LogP contribution in [0.5, 0.6) is 5.75 Å². The van der Waals surface area contributed by atoms with E-state index in [4.69, 9.17) is 10.5 Å². The van der Waals surface area contributed by atoms with Crippen LogP contribution in [0.4, 0.5) is 24.9 Å². The number of aromatic nitrogens is 4. The molecule has 5 heterocycles. The number of nitrogens with two attached hydrogens (primary N) is 1. The Morgan fingerprint density at radius 3 is 2.52 bits per heavy atom. The number of pyridine rings is 1. The highest BCUT2D eigenvalue weighted by Gasteiger charge is 2.45. The van der Waals surface area contributed by atoms with Crippen molar-refractivity contribution < 1.29 is 27.5 Å². The van der Waals surface area contributed by atoms with Crippen LogP contribution in [0.1, 0.15) is 68.2 Å². The number of nitrogens with one attached hydrogen (secondary N) is 2. The van der Waals surface area contributed by atoms with Gasteiger partial charge in [0.2, 0.25) is 5.95 Å². The van der Waals surface area contributed by atoms with E-state index in [1.165, 1.54) is 13.2 Å². The summed E-state index contributed by atoms with van der Waals surface area (Å²) in [6, 6.07) is 0. The number of rotatable bonds is 8. The van der Waals surface area contributed by atoms with Gasteiger partial charge in [-0.25, -0.2) is 4.98 Å². The molecule has 1 saturated heterocycles. The van der Waals surface area contributed by atoms with Crippen LogP contribution >= 0.6 is 0 Å². The van der Waals surface area contributed by atoms with E-state index in [1.54, 1.807) is 27.0 Å². The number of methoxy groups -OCH3 is 1. The fourth-order valence-corrected chi connectivity index (χ4v) is 5.95. The van der Waals surface area contributed by atoms with Crippen molar-refractivity contribution in [2.45, 2.75) is 53.3 Å². The minimum absolute atomic E-state index is 0.188. The molecule has 44 heavy (non-hydrogen) atoms. The normalized spacial score (nSPS) is 16.2. The molecule has 0 bridgehead atoms. The van der Waals surface area contributed by atoms with Crippen LogP contribution in [-0.4, -0.2) is 69.9 Å². The van der Waals surface area contributed by atoms with Crippen LogP contribution in [0.15, 0.2) is 6.20 Å². The quantitative estimate of drug-likeness (QED) is 0.325. The van der Waals surface area contributed by atoms with E-state index >= 15 is 0 Å². The van der Waals surface area contributed by atoms with Crippen molar-refractivity contribution in [2.24, 2.45) is 0 Å². The third kappa shape index (κ3) is 5.73. The summed E-state index contributed by atoms with van der Waals surface area (Å²) in [5, 5.41) is 2.93. The highest BCUT2D eigenvalue weighted by molar-refractivity contribution is 6.35. The summed E-state index contributed by atoms with van der Waals surface area (Å²) >= 11 is 0. The number of likely N-dealkylation sites (tertiary alicyclic amines) is 1. The third-order valence-corrected chi connectivity index (χ3v) is 8.14. The Hall–Kier alpha value is -4.46. The Morgan fingerprint density at radius 2 is 1.86 bits per heavy atom. The van der Waals surface area contributed by atoms with Gasteiger partial charge in [-0.1, -0.05) is 0 Å². The molecule has 0 saturated carbocycles. The number of H-pyrrole nitrogens is 1. The smallest absolute Gasteiger partial charge is 0.434 e. The average molecular weight is 613 g/mol. The first-order valence-corrected chi connectivity index (χ1v) is 14.3.